The Morgan fingerprint density at radius 1 is 1.21 bits per heavy atom. The maximum Gasteiger partial charge on any atom is 0.311 e. The molecule has 3 fully saturated rings. The number of carboxylic acids is 1. The number of aliphatic carboxylic acids is 1. The lowest BCUT2D eigenvalue weighted by molar-refractivity contribution is -0.172. The lowest BCUT2D eigenvalue weighted by Gasteiger charge is -2.35. The fourth-order valence-corrected chi connectivity index (χ4v) is 3.41. The van der Waals surface area contributed by atoms with Gasteiger partial charge in [-0.3, -0.25) is 19.3 Å². The average molecular weight is 267 g/mol. The highest BCUT2D eigenvalue weighted by molar-refractivity contribution is 6.02. The summed E-state index contributed by atoms with van der Waals surface area (Å²) in [5.41, 5.74) is -0.942. The molecule has 0 radical (unpaired) electrons. The monoisotopic (exact) mass is 267 g/mol. The van der Waals surface area contributed by atoms with Crippen LogP contribution in [-0.4, -0.2) is 46.5 Å². The first kappa shape index (κ1) is 12.6. The van der Waals surface area contributed by atoms with Crippen LogP contribution in [0, 0.1) is 5.41 Å². The SMILES string of the molecule is O=C1C2CCC(O2)C(=O)N1CC1(C(=O)O)CCCC1. The van der Waals surface area contributed by atoms with Crippen LogP contribution in [0.5, 0.6) is 0 Å². The van der Waals surface area contributed by atoms with Crippen molar-refractivity contribution in [1.29, 1.82) is 0 Å². The molecule has 1 aliphatic carbocycles. The van der Waals surface area contributed by atoms with Crippen LogP contribution in [0.2, 0.25) is 0 Å². The summed E-state index contributed by atoms with van der Waals surface area (Å²) in [5, 5.41) is 9.43. The molecule has 19 heavy (non-hydrogen) atoms. The molecule has 0 aromatic carbocycles. The van der Waals surface area contributed by atoms with Gasteiger partial charge in [0, 0.05) is 6.54 Å². The molecule has 1 saturated carbocycles. The van der Waals surface area contributed by atoms with E-state index in [-0.39, 0.29) is 18.4 Å². The van der Waals surface area contributed by atoms with E-state index in [1.807, 2.05) is 0 Å². The number of rotatable bonds is 3. The van der Waals surface area contributed by atoms with Crippen molar-refractivity contribution in [3.63, 3.8) is 0 Å². The number of morpholine rings is 1. The van der Waals surface area contributed by atoms with Crippen LogP contribution in [0.25, 0.3) is 0 Å². The average Bonchev–Trinajstić information content (AvgIpc) is 3.01. The number of ether oxygens (including phenoxy) is 1. The van der Waals surface area contributed by atoms with Gasteiger partial charge < -0.3 is 9.84 Å². The first-order chi connectivity index (χ1) is 9.03. The van der Waals surface area contributed by atoms with Crippen LogP contribution in [0.15, 0.2) is 0 Å². The van der Waals surface area contributed by atoms with Crippen molar-refractivity contribution >= 4 is 17.8 Å². The van der Waals surface area contributed by atoms with Crippen LogP contribution in [0.1, 0.15) is 38.5 Å². The molecule has 6 nitrogen and oxygen atoms in total. The molecule has 2 atom stereocenters. The summed E-state index contributed by atoms with van der Waals surface area (Å²) in [7, 11) is 0. The van der Waals surface area contributed by atoms with Gasteiger partial charge in [-0.1, -0.05) is 12.8 Å². The van der Waals surface area contributed by atoms with Crippen molar-refractivity contribution in [1.82, 2.24) is 4.90 Å². The van der Waals surface area contributed by atoms with E-state index in [0.29, 0.717) is 25.7 Å². The van der Waals surface area contributed by atoms with Crippen LogP contribution >= 0.6 is 0 Å². The minimum atomic E-state index is -0.942. The van der Waals surface area contributed by atoms with E-state index in [1.165, 1.54) is 0 Å². The lowest BCUT2D eigenvalue weighted by Crippen LogP contribution is -2.56. The van der Waals surface area contributed by atoms with Crippen LogP contribution in [0.3, 0.4) is 0 Å². The van der Waals surface area contributed by atoms with E-state index < -0.39 is 23.6 Å². The molecule has 3 aliphatic rings. The van der Waals surface area contributed by atoms with Crippen molar-refractivity contribution in [3.8, 4) is 0 Å². The van der Waals surface area contributed by atoms with Gasteiger partial charge in [0.2, 0.25) is 0 Å². The van der Waals surface area contributed by atoms with Gasteiger partial charge in [-0.25, -0.2) is 0 Å². The zero-order valence-corrected chi connectivity index (χ0v) is 10.6. The standard InChI is InChI=1S/C13H17NO5/c15-10-8-3-4-9(19-8)11(16)14(10)7-13(12(17)18)5-1-2-6-13/h8-9H,1-7H2,(H,17,18). The summed E-state index contributed by atoms with van der Waals surface area (Å²) in [6.07, 6.45) is 2.78. The predicted octanol–water partition coefficient (Wildman–Crippen LogP) is 0.548. The molecule has 2 bridgehead atoms. The molecule has 2 aliphatic heterocycles. The van der Waals surface area contributed by atoms with E-state index in [0.717, 1.165) is 17.7 Å². The molecule has 0 aromatic heterocycles. The quantitative estimate of drug-likeness (QED) is 0.755. The Morgan fingerprint density at radius 2 is 1.74 bits per heavy atom. The van der Waals surface area contributed by atoms with Crippen molar-refractivity contribution in [2.75, 3.05) is 6.54 Å². The largest absolute Gasteiger partial charge is 0.481 e. The first-order valence-corrected chi connectivity index (χ1v) is 6.78. The summed E-state index contributed by atoms with van der Waals surface area (Å²) in [4.78, 5) is 36.9. The number of nitrogens with zero attached hydrogens (tertiary/aromatic N) is 1. The van der Waals surface area contributed by atoms with E-state index in [9.17, 15) is 19.5 Å². The van der Waals surface area contributed by atoms with Crippen LogP contribution in [0.4, 0.5) is 0 Å². The Kier molecular flexibility index (Phi) is 2.85. The van der Waals surface area contributed by atoms with E-state index in [2.05, 4.69) is 0 Å². The van der Waals surface area contributed by atoms with Gasteiger partial charge in [0.1, 0.15) is 12.2 Å². The molecule has 2 unspecified atom stereocenters. The molecule has 0 aromatic rings. The number of carbonyl (C=O) groups is 3. The normalized spacial score (nSPS) is 32.9. The molecule has 1 N–H and O–H groups in total. The highest BCUT2D eigenvalue weighted by Crippen LogP contribution is 2.40. The van der Waals surface area contributed by atoms with Crippen molar-refractivity contribution < 1.29 is 24.2 Å². The Hall–Kier alpha value is -1.43. The van der Waals surface area contributed by atoms with Gasteiger partial charge in [-0.2, -0.15) is 0 Å². The van der Waals surface area contributed by atoms with E-state index >= 15 is 0 Å². The molecule has 2 saturated heterocycles. The molecule has 104 valence electrons. The van der Waals surface area contributed by atoms with E-state index in [1.54, 1.807) is 0 Å². The molecule has 2 heterocycles. The number of amides is 2. The van der Waals surface area contributed by atoms with Crippen LogP contribution < -0.4 is 0 Å². The maximum atomic E-state index is 12.1. The van der Waals surface area contributed by atoms with E-state index in [4.69, 9.17) is 4.74 Å². The fourth-order valence-electron chi connectivity index (χ4n) is 3.41. The number of fused-ring (bicyclic) bond motifs is 2. The van der Waals surface area contributed by atoms with Gasteiger partial charge in [0.15, 0.2) is 0 Å². The molecule has 0 spiro atoms. The number of carboxylic acid groups (broad SMARTS) is 1. The summed E-state index contributed by atoms with van der Waals surface area (Å²) < 4.78 is 5.32. The number of imide groups is 1. The summed E-state index contributed by atoms with van der Waals surface area (Å²) >= 11 is 0. The van der Waals surface area contributed by atoms with Gasteiger partial charge >= 0.3 is 5.97 Å². The minimum absolute atomic E-state index is 0.0103. The summed E-state index contributed by atoms with van der Waals surface area (Å²) in [5.74, 6) is -1.61. The third-order valence-electron chi connectivity index (χ3n) is 4.58. The fraction of sp³-hybridized carbons (Fsp3) is 0.769. The highest BCUT2D eigenvalue weighted by atomic mass is 16.5. The van der Waals surface area contributed by atoms with Gasteiger partial charge in [0.25, 0.3) is 11.8 Å². The topological polar surface area (TPSA) is 83.9 Å². The van der Waals surface area contributed by atoms with Crippen LogP contribution in [-0.2, 0) is 19.1 Å². The lowest BCUT2D eigenvalue weighted by atomic mass is 9.85. The Labute approximate surface area is 110 Å². The zero-order chi connectivity index (χ0) is 13.6. The van der Waals surface area contributed by atoms with Gasteiger partial charge in [0.05, 0.1) is 5.41 Å². The smallest absolute Gasteiger partial charge is 0.311 e. The van der Waals surface area contributed by atoms with Gasteiger partial charge in [-0.15, -0.1) is 0 Å². The summed E-state index contributed by atoms with van der Waals surface area (Å²) in [6, 6.07) is 0. The molecule has 6 heteroatoms. The molecule has 2 amide bonds. The summed E-state index contributed by atoms with van der Waals surface area (Å²) in [6.45, 7) is 0.0103. The number of carbonyl (C=O) groups excluding carboxylic acids is 2. The Bertz CT molecular complexity index is 418. The first-order valence-electron chi connectivity index (χ1n) is 6.78. The second-order valence-electron chi connectivity index (χ2n) is 5.75. The van der Waals surface area contributed by atoms with Crippen molar-refractivity contribution in [2.45, 2.75) is 50.7 Å². The second kappa shape index (κ2) is 4.30. The van der Waals surface area contributed by atoms with Crippen molar-refractivity contribution in [3.05, 3.63) is 0 Å². The maximum absolute atomic E-state index is 12.1. The number of likely N-dealkylation sites (tertiary alicyclic amines) is 1. The predicted molar refractivity (Wildman–Crippen MR) is 63.2 cm³/mol. The molecular weight excluding hydrogens is 250 g/mol. The Morgan fingerprint density at radius 3 is 2.21 bits per heavy atom. The third-order valence-corrected chi connectivity index (χ3v) is 4.58. The second-order valence-corrected chi connectivity index (χ2v) is 5.75. The number of hydrogen-bond donors (Lipinski definition) is 1. The van der Waals surface area contributed by atoms with Gasteiger partial charge in [-0.05, 0) is 25.7 Å². The van der Waals surface area contributed by atoms with Crippen molar-refractivity contribution in [2.24, 2.45) is 5.41 Å². The minimum Gasteiger partial charge on any atom is -0.481 e. The zero-order valence-electron chi connectivity index (χ0n) is 10.6. The Balaban J connectivity index is 1.83. The third kappa shape index (κ3) is 1.85. The highest BCUT2D eigenvalue weighted by Gasteiger charge is 2.51. The molecular formula is C13H17NO5. The number of hydrogen-bond acceptors (Lipinski definition) is 4. The molecule has 3 rings (SSSR count).